The third kappa shape index (κ3) is 8.04. The van der Waals surface area contributed by atoms with Crippen molar-refractivity contribution in [3.8, 4) is 5.75 Å². The molecule has 42 heavy (non-hydrogen) atoms. The summed E-state index contributed by atoms with van der Waals surface area (Å²) in [7, 11) is 6.37. The second-order valence-corrected chi connectivity index (χ2v) is 18.7. The van der Waals surface area contributed by atoms with E-state index in [1.165, 1.54) is 0 Å². The molecule has 0 saturated heterocycles. The van der Waals surface area contributed by atoms with E-state index in [0.29, 0.717) is 44.0 Å². The molecule has 226 valence electrons. The third-order valence-corrected chi connectivity index (χ3v) is 9.92. The van der Waals surface area contributed by atoms with Gasteiger partial charge in [0.15, 0.2) is 0 Å². The Balaban J connectivity index is 1.47. The Kier molecular flexibility index (Phi) is 10.2. The number of thiophene rings is 1. The maximum absolute atomic E-state index is 13.7. The Labute approximate surface area is 254 Å². The molecule has 1 aliphatic heterocycles. The molecule has 1 aromatic carbocycles. The summed E-state index contributed by atoms with van der Waals surface area (Å²) < 4.78 is 12.0. The molecule has 11 heteroatoms. The molecule has 2 aromatic heterocycles. The van der Waals surface area contributed by atoms with Crippen molar-refractivity contribution in [2.45, 2.75) is 38.2 Å². The Morgan fingerprint density at radius 1 is 1.12 bits per heavy atom. The minimum Gasteiger partial charge on any atom is -0.485 e. The van der Waals surface area contributed by atoms with Crippen LogP contribution in [0.15, 0.2) is 54.0 Å². The number of hydrogen-bond donors (Lipinski definition) is 0. The fourth-order valence-corrected chi connectivity index (χ4v) is 6.11. The van der Waals surface area contributed by atoms with Gasteiger partial charge in [0.05, 0.1) is 17.9 Å². The van der Waals surface area contributed by atoms with Gasteiger partial charge in [-0.15, -0.1) is 11.3 Å². The summed E-state index contributed by atoms with van der Waals surface area (Å²) in [5, 5.41) is 2.02. The van der Waals surface area contributed by atoms with Crippen molar-refractivity contribution in [1.82, 2.24) is 9.88 Å². The fourth-order valence-electron chi connectivity index (χ4n) is 4.60. The van der Waals surface area contributed by atoms with Gasteiger partial charge in [-0.25, -0.2) is 9.78 Å². The third-order valence-electron chi connectivity index (χ3n) is 7.26. The van der Waals surface area contributed by atoms with E-state index >= 15 is 0 Å². The standard InChI is InChI=1S/C31H43N5O4SSi/c1-33(2)29-21-26-25(22-32-29)30(37)36(16-15-34(26)3)23-10-8-11-24(20-23)40-27(28-12-9-18-41-28)13-14-35(4)31(38)39-17-19-42(5,6)7/h8-12,18,20-22,27H,13-17,19H2,1-7H3. The smallest absolute Gasteiger partial charge is 0.409 e. The Morgan fingerprint density at radius 3 is 2.60 bits per heavy atom. The lowest BCUT2D eigenvalue weighted by Gasteiger charge is -2.24. The van der Waals surface area contributed by atoms with Crippen LogP contribution < -0.4 is 19.4 Å². The molecule has 0 bridgehead atoms. The topological polar surface area (TPSA) is 78.5 Å². The van der Waals surface area contributed by atoms with Crippen LogP contribution in [-0.2, 0) is 4.74 Å². The number of pyridine rings is 1. The number of carbonyl (C=O) groups excluding carboxylic acids is 2. The number of fused-ring (bicyclic) bond motifs is 1. The number of likely N-dealkylation sites (N-methyl/N-ethyl adjacent to an activating group) is 1. The summed E-state index contributed by atoms with van der Waals surface area (Å²) in [6.07, 6.45) is 1.71. The zero-order valence-electron chi connectivity index (χ0n) is 25.8. The van der Waals surface area contributed by atoms with Crippen LogP contribution in [-0.4, -0.2) is 84.4 Å². The van der Waals surface area contributed by atoms with E-state index in [9.17, 15) is 9.59 Å². The quantitative estimate of drug-likeness (QED) is 0.239. The van der Waals surface area contributed by atoms with Crippen molar-refractivity contribution in [3.05, 3.63) is 64.5 Å². The van der Waals surface area contributed by atoms with Gasteiger partial charge in [0.1, 0.15) is 17.7 Å². The molecule has 3 aromatic rings. The lowest BCUT2D eigenvalue weighted by atomic mass is 10.1. The Hall–Kier alpha value is -3.57. The molecule has 3 heterocycles. The SMILES string of the molecule is CN(CCC(Oc1cccc(N2CCN(C)c3cc(N(C)C)ncc3C2=O)c1)c1cccs1)C(=O)OCC[Si](C)(C)C. The first-order valence-corrected chi connectivity index (χ1v) is 18.9. The monoisotopic (exact) mass is 609 g/mol. The minimum atomic E-state index is -1.27. The summed E-state index contributed by atoms with van der Waals surface area (Å²) >= 11 is 1.62. The lowest BCUT2D eigenvalue weighted by molar-refractivity contribution is 0.0989. The molecule has 0 N–H and O–H groups in total. The molecule has 2 amide bonds. The number of nitrogens with zero attached hydrogens (tertiary/aromatic N) is 5. The number of rotatable bonds is 11. The molecule has 0 fully saturated rings. The van der Waals surface area contributed by atoms with Gasteiger partial charge in [0, 0.05) is 91.2 Å². The summed E-state index contributed by atoms with van der Waals surface area (Å²) in [6, 6.07) is 14.6. The average molecular weight is 610 g/mol. The molecule has 1 unspecified atom stereocenters. The van der Waals surface area contributed by atoms with Crippen molar-refractivity contribution >= 4 is 48.6 Å². The first-order chi connectivity index (χ1) is 19.9. The van der Waals surface area contributed by atoms with Gasteiger partial charge in [-0.05, 0) is 29.6 Å². The maximum Gasteiger partial charge on any atom is 0.409 e. The van der Waals surface area contributed by atoms with E-state index in [2.05, 4.69) is 29.5 Å². The highest BCUT2D eigenvalue weighted by atomic mass is 32.1. The molecule has 1 aliphatic rings. The van der Waals surface area contributed by atoms with Crippen molar-refractivity contribution in [2.24, 2.45) is 0 Å². The number of anilines is 3. The predicted molar refractivity (Wildman–Crippen MR) is 174 cm³/mol. The van der Waals surface area contributed by atoms with Crippen LogP contribution in [0.4, 0.5) is 22.0 Å². The van der Waals surface area contributed by atoms with E-state index in [1.54, 1.807) is 34.4 Å². The maximum atomic E-state index is 13.7. The number of carbonyl (C=O) groups is 2. The molecular formula is C31H43N5O4SSi. The largest absolute Gasteiger partial charge is 0.485 e. The van der Waals surface area contributed by atoms with E-state index in [0.717, 1.165) is 28.1 Å². The van der Waals surface area contributed by atoms with Crippen LogP contribution in [0.3, 0.4) is 0 Å². The molecule has 4 rings (SSSR count). The van der Waals surface area contributed by atoms with Gasteiger partial charge in [-0.2, -0.15) is 0 Å². The van der Waals surface area contributed by atoms with Crippen LogP contribution in [0, 0.1) is 0 Å². The zero-order chi connectivity index (χ0) is 30.4. The van der Waals surface area contributed by atoms with Crippen molar-refractivity contribution < 1.29 is 19.1 Å². The first-order valence-electron chi connectivity index (χ1n) is 14.3. The van der Waals surface area contributed by atoms with Gasteiger partial charge < -0.3 is 29.1 Å². The van der Waals surface area contributed by atoms with Crippen molar-refractivity contribution in [1.29, 1.82) is 0 Å². The fraction of sp³-hybridized carbons (Fsp3) is 0.452. The van der Waals surface area contributed by atoms with Gasteiger partial charge >= 0.3 is 6.09 Å². The highest BCUT2D eigenvalue weighted by Crippen LogP contribution is 2.33. The van der Waals surface area contributed by atoms with Gasteiger partial charge in [0.2, 0.25) is 0 Å². The van der Waals surface area contributed by atoms with E-state index in [-0.39, 0.29) is 18.1 Å². The first kappa shape index (κ1) is 31.4. The van der Waals surface area contributed by atoms with Crippen LogP contribution in [0.5, 0.6) is 5.75 Å². The summed E-state index contributed by atoms with van der Waals surface area (Å²) in [6.45, 7) is 8.95. The van der Waals surface area contributed by atoms with Gasteiger partial charge in [-0.1, -0.05) is 31.8 Å². The van der Waals surface area contributed by atoms with E-state index < -0.39 is 8.07 Å². The minimum absolute atomic E-state index is 0.0895. The zero-order valence-corrected chi connectivity index (χ0v) is 27.6. The van der Waals surface area contributed by atoms with Gasteiger partial charge in [-0.3, -0.25) is 4.79 Å². The predicted octanol–water partition coefficient (Wildman–Crippen LogP) is 6.22. The number of hydrogen-bond acceptors (Lipinski definition) is 8. The lowest BCUT2D eigenvalue weighted by Crippen LogP contribution is -2.33. The molecule has 0 saturated carbocycles. The molecule has 0 radical (unpaired) electrons. The molecule has 0 spiro atoms. The number of amides is 2. The Morgan fingerprint density at radius 2 is 1.90 bits per heavy atom. The second kappa shape index (κ2) is 13.6. The van der Waals surface area contributed by atoms with Crippen molar-refractivity contribution in [2.75, 3.05) is 69.1 Å². The van der Waals surface area contributed by atoms with E-state index in [4.69, 9.17) is 9.47 Å². The normalized spacial score (nSPS) is 14.2. The van der Waals surface area contributed by atoms with Crippen LogP contribution in [0.1, 0.15) is 27.8 Å². The molecular weight excluding hydrogens is 567 g/mol. The second-order valence-electron chi connectivity index (χ2n) is 12.1. The summed E-state index contributed by atoms with van der Waals surface area (Å²) in [4.78, 5) is 39.3. The van der Waals surface area contributed by atoms with Crippen LogP contribution in [0.25, 0.3) is 0 Å². The van der Waals surface area contributed by atoms with Crippen molar-refractivity contribution in [3.63, 3.8) is 0 Å². The highest BCUT2D eigenvalue weighted by molar-refractivity contribution is 7.10. The number of aromatic nitrogens is 1. The molecule has 0 aliphatic carbocycles. The van der Waals surface area contributed by atoms with Crippen LogP contribution in [0.2, 0.25) is 25.7 Å². The highest BCUT2D eigenvalue weighted by Gasteiger charge is 2.28. The number of benzene rings is 1. The Bertz CT molecular complexity index is 1360. The average Bonchev–Trinajstić information content (AvgIpc) is 3.45. The van der Waals surface area contributed by atoms with Gasteiger partial charge in [0.25, 0.3) is 5.91 Å². The number of ether oxygens (including phenoxy) is 2. The van der Waals surface area contributed by atoms with E-state index in [1.807, 2.05) is 73.9 Å². The summed E-state index contributed by atoms with van der Waals surface area (Å²) in [5.74, 6) is 1.38. The molecule has 9 nitrogen and oxygen atoms in total. The molecule has 1 atom stereocenters. The van der Waals surface area contributed by atoms with Crippen LogP contribution >= 0.6 is 11.3 Å². The summed E-state index contributed by atoms with van der Waals surface area (Å²) in [5.41, 5.74) is 2.21.